The molecule has 17 heavy (non-hydrogen) atoms. The first kappa shape index (κ1) is 11.7. The van der Waals surface area contributed by atoms with E-state index in [-0.39, 0.29) is 5.97 Å². The third kappa shape index (κ3) is 1.82. The molecule has 1 aromatic carbocycles. The van der Waals surface area contributed by atoms with Crippen molar-refractivity contribution in [1.82, 2.24) is 4.57 Å². The molecule has 1 heterocycles. The van der Waals surface area contributed by atoms with Gasteiger partial charge >= 0.3 is 5.97 Å². The Morgan fingerprint density at radius 3 is 2.71 bits per heavy atom. The number of aryl methyl sites for hydroxylation is 2. The van der Waals surface area contributed by atoms with Crippen LogP contribution in [0.5, 0.6) is 0 Å². The van der Waals surface area contributed by atoms with E-state index in [1.165, 1.54) is 0 Å². The van der Waals surface area contributed by atoms with Crippen LogP contribution in [0, 0.1) is 13.8 Å². The lowest BCUT2D eigenvalue weighted by Gasteiger charge is -2.02. The number of benzene rings is 1. The molecule has 3 heteroatoms. The molecule has 2 rings (SSSR count). The highest BCUT2D eigenvalue weighted by Crippen LogP contribution is 2.26. The topological polar surface area (TPSA) is 31.2 Å². The zero-order valence-corrected chi connectivity index (χ0v) is 10.7. The van der Waals surface area contributed by atoms with E-state index < -0.39 is 0 Å². The summed E-state index contributed by atoms with van der Waals surface area (Å²) in [5, 5.41) is 0.975. The molecule has 90 valence electrons. The van der Waals surface area contributed by atoms with E-state index in [1.54, 1.807) is 0 Å². The van der Waals surface area contributed by atoms with Crippen molar-refractivity contribution < 1.29 is 9.53 Å². The van der Waals surface area contributed by atoms with Crippen molar-refractivity contribution in [3.63, 3.8) is 0 Å². The number of rotatable bonds is 2. The van der Waals surface area contributed by atoms with Gasteiger partial charge in [-0.3, -0.25) is 0 Å². The number of hydrogen-bond acceptors (Lipinski definition) is 2. The maximum Gasteiger partial charge on any atom is 0.340 e. The van der Waals surface area contributed by atoms with E-state index in [1.807, 2.05) is 44.5 Å². The van der Waals surface area contributed by atoms with Crippen LogP contribution in [-0.2, 0) is 11.8 Å². The molecule has 0 saturated heterocycles. The minimum Gasteiger partial charge on any atom is -0.462 e. The Kier molecular flexibility index (Phi) is 2.92. The third-order valence-electron chi connectivity index (χ3n) is 3.13. The Morgan fingerprint density at radius 2 is 2.06 bits per heavy atom. The second-order valence-corrected chi connectivity index (χ2v) is 4.26. The van der Waals surface area contributed by atoms with Gasteiger partial charge < -0.3 is 9.30 Å². The summed E-state index contributed by atoms with van der Waals surface area (Å²) in [4.78, 5) is 12.0. The van der Waals surface area contributed by atoms with Gasteiger partial charge in [0.25, 0.3) is 0 Å². The minimum atomic E-state index is -0.235. The average Bonchev–Trinajstić information content (AvgIpc) is 2.51. The molecule has 0 aliphatic carbocycles. The quantitative estimate of drug-likeness (QED) is 0.744. The maximum absolute atomic E-state index is 12.0. The predicted molar refractivity (Wildman–Crippen MR) is 68.3 cm³/mol. The summed E-state index contributed by atoms with van der Waals surface area (Å²) in [6.07, 6.45) is 0. The van der Waals surface area contributed by atoms with E-state index in [9.17, 15) is 4.79 Å². The standard InChI is InChI=1S/C14H17NO2/c1-5-17-14(16)13-10(3)15(4)12-7-6-9(2)8-11(12)13/h6-8H,5H2,1-4H3. The molecule has 2 aromatic rings. The summed E-state index contributed by atoms with van der Waals surface area (Å²) in [5.74, 6) is -0.235. The third-order valence-corrected chi connectivity index (χ3v) is 3.13. The molecule has 0 spiro atoms. The van der Waals surface area contributed by atoms with Gasteiger partial charge in [0.05, 0.1) is 12.2 Å². The molecule has 0 amide bonds. The Morgan fingerprint density at radius 1 is 1.35 bits per heavy atom. The molecule has 0 N–H and O–H groups in total. The van der Waals surface area contributed by atoms with Crippen LogP contribution >= 0.6 is 0 Å². The van der Waals surface area contributed by atoms with Crippen LogP contribution in [0.25, 0.3) is 10.9 Å². The number of esters is 1. The first-order valence-electron chi connectivity index (χ1n) is 5.79. The summed E-state index contributed by atoms with van der Waals surface area (Å²) in [6, 6.07) is 6.13. The van der Waals surface area contributed by atoms with Crippen molar-refractivity contribution in [3.05, 3.63) is 35.0 Å². The Bertz CT molecular complexity index is 581. The highest BCUT2D eigenvalue weighted by Gasteiger charge is 2.19. The molecule has 0 radical (unpaired) electrons. The minimum absolute atomic E-state index is 0.235. The molecule has 0 saturated carbocycles. The molecule has 0 aliphatic heterocycles. The molecule has 0 aliphatic rings. The van der Waals surface area contributed by atoms with Crippen LogP contribution in [0.1, 0.15) is 28.5 Å². The van der Waals surface area contributed by atoms with Crippen molar-refractivity contribution in [1.29, 1.82) is 0 Å². The van der Waals surface area contributed by atoms with Crippen molar-refractivity contribution >= 4 is 16.9 Å². The lowest BCUT2D eigenvalue weighted by Crippen LogP contribution is -2.06. The largest absolute Gasteiger partial charge is 0.462 e. The van der Waals surface area contributed by atoms with Gasteiger partial charge in [-0.1, -0.05) is 11.6 Å². The smallest absolute Gasteiger partial charge is 0.340 e. The number of nitrogens with zero attached hydrogens (tertiary/aromatic N) is 1. The van der Waals surface area contributed by atoms with Crippen molar-refractivity contribution in [3.8, 4) is 0 Å². The number of hydrogen-bond donors (Lipinski definition) is 0. The molecule has 0 unspecified atom stereocenters. The summed E-state index contributed by atoms with van der Waals surface area (Å²) in [5.41, 5.74) is 3.85. The van der Waals surface area contributed by atoms with Crippen molar-refractivity contribution in [2.75, 3.05) is 6.61 Å². The van der Waals surface area contributed by atoms with E-state index in [4.69, 9.17) is 4.74 Å². The van der Waals surface area contributed by atoms with Gasteiger partial charge in [-0.25, -0.2) is 4.79 Å². The highest BCUT2D eigenvalue weighted by molar-refractivity contribution is 6.06. The number of ether oxygens (including phenoxy) is 1. The molecular weight excluding hydrogens is 214 g/mol. The fourth-order valence-corrected chi connectivity index (χ4v) is 2.15. The first-order valence-corrected chi connectivity index (χ1v) is 5.79. The van der Waals surface area contributed by atoms with Crippen molar-refractivity contribution in [2.24, 2.45) is 7.05 Å². The molecule has 3 nitrogen and oxygen atoms in total. The van der Waals surface area contributed by atoms with Gasteiger partial charge in [0.1, 0.15) is 0 Å². The Hall–Kier alpha value is -1.77. The van der Waals surface area contributed by atoms with E-state index in [0.717, 1.165) is 22.2 Å². The van der Waals surface area contributed by atoms with E-state index in [2.05, 4.69) is 6.07 Å². The first-order chi connectivity index (χ1) is 8.06. The van der Waals surface area contributed by atoms with Crippen LogP contribution in [0.15, 0.2) is 18.2 Å². The molecular formula is C14H17NO2. The maximum atomic E-state index is 12.0. The lowest BCUT2D eigenvalue weighted by molar-refractivity contribution is 0.0527. The molecule has 1 aromatic heterocycles. The van der Waals surface area contributed by atoms with E-state index in [0.29, 0.717) is 12.2 Å². The molecule has 0 bridgehead atoms. The van der Waals surface area contributed by atoms with Gasteiger partial charge in [-0.2, -0.15) is 0 Å². The van der Waals surface area contributed by atoms with E-state index >= 15 is 0 Å². The fourth-order valence-electron chi connectivity index (χ4n) is 2.15. The molecule has 0 fully saturated rings. The highest BCUT2D eigenvalue weighted by atomic mass is 16.5. The normalized spacial score (nSPS) is 10.8. The number of carbonyl (C=O) groups excluding carboxylic acids is 1. The van der Waals surface area contributed by atoms with Crippen LogP contribution in [0.2, 0.25) is 0 Å². The Labute approximate surface area is 101 Å². The zero-order chi connectivity index (χ0) is 12.6. The summed E-state index contributed by atoms with van der Waals surface area (Å²) >= 11 is 0. The Balaban J connectivity index is 2.72. The van der Waals surface area contributed by atoms with Crippen LogP contribution in [0.4, 0.5) is 0 Å². The lowest BCUT2D eigenvalue weighted by atomic mass is 10.1. The number of carbonyl (C=O) groups is 1. The van der Waals surface area contributed by atoms with Gasteiger partial charge in [0, 0.05) is 23.6 Å². The second kappa shape index (κ2) is 4.24. The van der Waals surface area contributed by atoms with Crippen molar-refractivity contribution in [2.45, 2.75) is 20.8 Å². The fraction of sp³-hybridized carbons (Fsp3) is 0.357. The summed E-state index contributed by atoms with van der Waals surface area (Å²) < 4.78 is 7.15. The predicted octanol–water partition coefficient (Wildman–Crippen LogP) is 2.97. The van der Waals surface area contributed by atoms with Gasteiger partial charge in [-0.05, 0) is 32.9 Å². The van der Waals surface area contributed by atoms with Crippen LogP contribution in [0.3, 0.4) is 0 Å². The summed E-state index contributed by atoms with van der Waals surface area (Å²) in [7, 11) is 1.97. The number of fused-ring (bicyclic) bond motifs is 1. The molecule has 0 atom stereocenters. The van der Waals surface area contributed by atoms with Gasteiger partial charge in [0.2, 0.25) is 0 Å². The van der Waals surface area contributed by atoms with Gasteiger partial charge in [0.15, 0.2) is 0 Å². The van der Waals surface area contributed by atoms with Crippen LogP contribution < -0.4 is 0 Å². The van der Waals surface area contributed by atoms with Crippen LogP contribution in [-0.4, -0.2) is 17.1 Å². The average molecular weight is 231 g/mol. The number of aromatic nitrogens is 1. The second-order valence-electron chi connectivity index (χ2n) is 4.26. The summed E-state index contributed by atoms with van der Waals surface area (Å²) in [6.45, 7) is 6.20. The SMILES string of the molecule is CCOC(=O)c1c(C)n(C)c2ccc(C)cc12. The van der Waals surface area contributed by atoms with Gasteiger partial charge in [-0.15, -0.1) is 0 Å². The zero-order valence-electron chi connectivity index (χ0n) is 10.7. The monoisotopic (exact) mass is 231 g/mol.